The second kappa shape index (κ2) is 11.6. The summed E-state index contributed by atoms with van der Waals surface area (Å²) in [6.45, 7) is 10.9. The summed E-state index contributed by atoms with van der Waals surface area (Å²) in [5.74, 6) is 1.34. The van der Waals surface area contributed by atoms with Crippen molar-refractivity contribution in [2.45, 2.75) is 40.7 Å². The predicted molar refractivity (Wildman–Crippen MR) is 145 cm³/mol. The minimum absolute atomic E-state index is 0.219. The molecule has 37 heavy (non-hydrogen) atoms. The molecule has 1 aliphatic heterocycles. The Kier molecular flexibility index (Phi) is 8.28. The van der Waals surface area contributed by atoms with Gasteiger partial charge in [0.15, 0.2) is 4.80 Å². The number of benzene rings is 2. The van der Waals surface area contributed by atoms with Gasteiger partial charge >= 0.3 is 5.97 Å². The van der Waals surface area contributed by atoms with Gasteiger partial charge in [0.25, 0.3) is 5.56 Å². The van der Waals surface area contributed by atoms with Crippen molar-refractivity contribution in [1.82, 2.24) is 4.57 Å². The van der Waals surface area contributed by atoms with Crippen molar-refractivity contribution in [3.05, 3.63) is 90.6 Å². The number of carbonyl (C=O) groups excluding carboxylic acids is 1. The van der Waals surface area contributed by atoms with Crippen molar-refractivity contribution in [3.63, 3.8) is 0 Å². The number of aromatic nitrogens is 1. The van der Waals surface area contributed by atoms with E-state index in [1.54, 1.807) is 18.4 Å². The molecule has 8 heteroatoms. The van der Waals surface area contributed by atoms with Crippen molar-refractivity contribution in [2.24, 2.45) is 10.9 Å². The maximum Gasteiger partial charge on any atom is 0.338 e. The molecular formula is C29H32N2O5S. The molecule has 0 saturated carbocycles. The number of para-hydroxylation sites is 1. The number of nitrogens with zero attached hydrogens (tertiary/aromatic N) is 2. The van der Waals surface area contributed by atoms with Gasteiger partial charge in [-0.25, -0.2) is 9.79 Å². The molecule has 0 radical (unpaired) electrons. The SMILES string of the molecule is CCOC(=O)C1=C(C)N=c2s/c(=C\c3ccc(OCC(C)C)cc3)c(=O)n2[C@H]1c1ccccc1OCC. The predicted octanol–water partition coefficient (Wildman–Crippen LogP) is 4.23. The molecule has 1 aromatic heterocycles. The number of hydrogen-bond donors (Lipinski definition) is 0. The summed E-state index contributed by atoms with van der Waals surface area (Å²) in [6, 6.07) is 14.4. The largest absolute Gasteiger partial charge is 0.494 e. The Hall–Kier alpha value is -3.65. The van der Waals surface area contributed by atoms with Crippen LogP contribution in [-0.2, 0) is 9.53 Å². The van der Waals surface area contributed by atoms with E-state index in [1.165, 1.54) is 11.3 Å². The van der Waals surface area contributed by atoms with E-state index in [-0.39, 0.29) is 12.2 Å². The van der Waals surface area contributed by atoms with Crippen LogP contribution in [0.25, 0.3) is 6.08 Å². The third kappa shape index (κ3) is 5.69. The maximum absolute atomic E-state index is 13.8. The molecule has 0 spiro atoms. The van der Waals surface area contributed by atoms with Gasteiger partial charge in [-0.2, -0.15) is 0 Å². The van der Waals surface area contributed by atoms with E-state index in [1.807, 2.05) is 61.5 Å². The highest BCUT2D eigenvalue weighted by atomic mass is 32.1. The summed E-state index contributed by atoms with van der Waals surface area (Å²) in [5.41, 5.74) is 2.21. The van der Waals surface area contributed by atoms with E-state index in [0.717, 1.165) is 11.3 Å². The number of rotatable bonds is 9. The summed E-state index contributed by atoms with van der Waals surface area (Å²) in [7, 11) is 0. The number of hydrogen-bond acceptors (Lipinski definition) is 7. The molecule has 2 heterocycles. The van der Waals surface area contributed by atoms with Gasteiger partial charge in [-0.1, -0.05) is 55.5 Å². The normalized spacial score (nSPS) is 15.4. The van der Waals surface area contributed by atoms with Crippen molar-refractivity contribution in [2.75, 3.05) is 19.8 Å². The van der Waals surface area contributed by atoms with Crippen molar-refractivity contribution < 1.29 is 19.0 Å². The molecular weight excluding hydrogens is 488 g/mol. The van der Waals surface area contributed by atoms with Crippen LogP contribution in [0, 0.1) is 5.92 Å². The Balaban J connectivity index is 1.84. The minimum atomic E-state index is -0.716. The van der Waals surface area contributed by atoms with Gasteiger partial charge in [0.2, 0.25) is 0 Å². The number of fused-ring (bicyclic) bond motifs is 1. The Morgan fingerprint density at radius 1 is 1.08 bits per heavy atom. The van der Waals surface area contributed by atoms with Gasteiger partial charge in [-0.3, -0.25) is 9.36 Å². The fourth-order valence-electron chi connectivity index (χ4n) is 4.15. The van der Waals surface area contributed by atoms with E-state index in [9.17, 15) is 9.59 Å². The number of carbonyl (C=O) groups is 1. The Morgan fingerprint density at radius 3 is 2.49 bits per heavy atom. The molecule has 0 saturated heterocycles. The van der Waals surface area contributed by atoms with Gasteiger partial charge < -0.3 is 14.2 Å². The topological polar surface area (TPSA) is 79.1 Å². The van der Waals surface area contributed by atoms with Crippen LogP contribution in [-0.4, -0.2) is 30.4 Å². The molecule has 2 aromatic carbocycles. The highest BCUT2D eigenvalue weighted by molar-refractivity contribution is 7.07. The zero-order chi connectivity index (χ0) is 26.5. The Bertz CT molecular complexity index is 1480. The summed E-state index contributed by atoms with van der Waals surface area (Å²) < 4.78 is 19.1. The lowest BCUT2D eigenvalue weighted by Gasteiger charge is -2.26. The first-order valence-electron chi connectivity index (χ1n) is 12.5. The van der Waals surface area contributed by atoms with Gasteiger partial charge in [0, 0.05) is 5.56 Å². The van der Waals surface area contributed by atoms with Gasteiger partial charge in [0.05, 0.1) is 35.6 Å². The standard InChI is InChI=1S/C29H32N2O5S/c1-6-34-23-11-9-8-10-22(23)26-25(28(33)35-7-2)19(5)30-29-31(26)27(32)24(37-29)16-20-12-14-21(15-13-20)36-17-18(3)4/h8-16,18,26H,6-7,17H2,1-5H3/b24-16-/t26-/m0/s1. The summed E-state index contributed by atoms with van der Waals surface area (Å²) >= 11 is 1.29. The highest BCUT2D eigenvalue weighted by Crippen LogP contribution is 2.35. The number of allylic oxidation sites excluding steroid dienone is 1. The molecule has 7 nitrogen and oxygen atoms in total. The third-order valence-electron chi connectivity index (χ3n) is 5.79. The van der Waals surface area contributed by atoms with E-state index in [4.69, 9.17) is 14.2 Å². The lowest BCUT2D eigenvalue weighted by atomic mass is 9.95. The molecule has 0 aliphatic carbocycles. The van der Waals surface area contributed by atoms with Crippen LogP contribution in [0.3, 0.4) is 0 Å². The second-order valence-electron chi connectivity index (χ2n) is 9.05. The first-order chi connectivity index (χ1) is 17.8. The van der Waals surface area contributed by atoms with E-state index in [0.29, 0.717) is 51.0 Å². The average Bonchev–Trinajstić information content (AvgIpc) is 3.17. The zero-order valence-corrected chi connectivity index (χ0v) is 22.6. The van der Waals surface area contributed by atoms with Crippen molar-refractivity contribution in [1.29, 1.82) is 0 Å². The van der Waals surface area contributed by atoms with Gasteiger partial charge in [0.1, 0.15) is 17.5 Å². The number of ether oxygens (including phenoxy) is 3. The van der Waals surface area contributed by atoms with Gasteiger partial charge in [-0.15, -0.1) is 0 Å². The quantitative estimate of drug-likeness (QED) is 0.395. The van der Waals surface area contributed by atoms with E-state index >= 15 is 0 Å². The van der Waals surface area contributed by atoms with Crippen LogP contribution < -0.4 is 24.4 Å². The lowest BCUT2D eigenvalue weighted by molar-refractivity contribution is -0.139. The second-order valence-corrected chi connectivity index (χ2v) is 10.1. The monoisotopic (exact) mass is 520 g/mol. The van der Waals surface area contributed by atoms with Crippen LogP contribution in [0.15, 0.2) is 69.6 Å². The molecule has 0 amide bonds. The first-order valence-corrected chi connectivity index (χ1v) is 13.3. The highest BCUT2D eigenvalue weighted by Gasteiger charge is 2.35. The van der Waals surface area contributed by atoms with Crippen molar-refractivity contribution in [3.8, 4) is 11.5 Å². The fraction of sp³-hybridized carbons (Fsp3) is 0.345. The molecule has 3 aromatic rings. The van der Waals surface area contributed by atoms with Gasteiger partial charge in [-0.05, 0) is 56.5 Å². The zero-order valence-electron chi connectivity index (χ0n) is 21.8. The lowest BCUT2D eigenvalue weighted by Crippen LogP contribution is -2.40. The Labute approximate surface area is 220 Å². The minimum Gasteiger partial charge on any atom is -0.494 e. The summed E-state index contributed by atoms with van der Waals surface area (Å²) in [6.07, 6.45) is 1.84. The summed E-state index contributed by atoms with van der Waals surface area (Å²) in [5, 5.41) is 0. The van der Waals surface area contributed by atoms with E-state index < -0.39 is 12.0 Å². The summed E-state index contributed by atoms with van der Waals surface area (Å²) in [4.78, 5) is 32.0. The molecule has 194 valence electrons. The fourth-order valence-corrected chi connectivity index (χ4v) is 5.20. The average molecular weight is 521 g/mol. The van der Waals surface area contributed by atoms with Crippen molar-refractivity contribution >= 4 is 23.4 Å². The third-order valence-corrected chi connectivity index (χ3v) is 6.77. The Morgan fingerprint density at radius 2 is 1.81 bits per heavy atom. The number of thiazole rings is 1. The smallest absolute Gasteiger partial charge is 0.338 e. The molecule has 1 atom stereocenters. The van der Waals surface area contributed by atoms with Crippen LogP contribution in [0.4, 0.5) is 0 Å². The molecule has 0 N–H and O–H groups in total. The molecule has 0 fully saturated rings. The number of esters is 1. The first kappa shape index (κ1) is 26.4. The molecule has 0 bridgehead atoms. The molecule has 1 aliphatic rings. The molecule has 4 rings (SSSR count). The maximum atomic E-state index is 13.8. The van der Waals surface area contributed by atoms with E-state index in [2.05, 4.69) is 18.8 Å². The van der Waals surface area contributed by atoms with Crippen LogP contribution in [0.5, 0.6) is 11.5 Å². The molecule has 0 unspecified atom stereocenters. The van der Waals surface area contributed by atoms with Crippen LogP contribution in [0.1, 0.15) is 51.8 Å². The van der Waals surface area contributed by atoms with Crippen LogP contribution in [0.2, 0.25) is 0 Å². The van der Waals surface area contributed by atoms with Crippen LogP contribution >= 0.6 is 11.3 Å².